The second-order valence-corrected chi connectivity index (χ2v) is 3.90. The van der Waals surface area contributed by atoms with Gasteiger partial charge in [-0.3, -0.25) is 4.79 Å². The van der Waals surface area contributed by atoms with E-state index in [2.05, 4.69) is 4.98 Å². The van der Waals surface area contributed by atoms with Gasteiger partial charge in [-0.15, -0.1) is 0 Å². The first-order valence-electron chi connectivity index (χ1n) is 5.02. The molecule has 1 aromatic heterocycles. The first-order valence-corrected chi connectivity index (χ1v) is 5.39. The summed E-state index contributed by atoms with van der Waals surface area (Å²) in [6.07, 6.45) is 2.77. The summed E-state index contributed by atoms with van der Waals surface area (Å²) in [4.78, 5) is 15.2. The predicted octanol–water partition coefficient (Wildman–Crippen LogP) is 1.96. The number of benzene rings is 1. The molecule has 2 rings (SSSR count). The van der Waals surface area contributed by atoms with Gasteiger partial charge >= 0.3 is 0 Å². The Morgan fingerprint density at radius 1 is 1.50 bits per heavy atom. The third-order valence-corrected chi connectivity index (χ3v) is 2.67. The van der Waals surface area contributed by atoms with E-state index in [0.29, 0.717) is 0 Å². The number of halogens is 2. The van der Waals surface area contributed by atoms with E-state index in [1.54, 1.807) is 12.1 Å². The third kappa shape index (κ3) is 2.24. The van der Waals surface area contributed by atoms with Crippen LogP contribution in [0.15, 0.2) is 35.4 Å². The lowest BCUT2D eigenvalue weighted by atomic mass is 10.1. The molecule has 0 aliphatic carbocycles. The van der Waals surface area contributed by atoms with Crippen molar-refractivity contribution < 1.29 is 4.39 Å². The van der Waals surface area contributed by atoms with Gasteiger partial charge < -0.3 is 4.57 Å². The van der Waals surface area contributed by atoms with Crippen molar-refractivity contribution in [2.45, 2.75) is 6.54 Å². The summed E-state index contributed by atoms with van der Waals surface area (Å²) in [6.45, 7) is 0.00241. The number of hydrogen-bond donors (Lipinski definition) is 0. The maximum Gasteiger partial charge on any atom is 0.288 e. The van der Waals surface area contributed by atoms with Crippen LogP contribution in [0.1, 0.15) is 11.1 Å². The molecule has 0 radical (unpaired) electrons. The number of rotatable bonds is 2. The van der Waals surface area contributed by atoms with E-state index in [-0.39, 0.29) is 22.8 Å². The van der Waals surface area contributed by atoms with E-state index in [4.69, 9.17) is 16.9 Å². The molecule has 0 atom stereocenters. The van der Waals surface area contributed by atoms with Gasteiger partial charge in [0.15, 0.2) is 5.15 Å². The van der Waals surface area contributed by atoms with E-state index < -0.39 is 11.4 Å². The molecule has 0 bridgehead atoms. The molecule has 0 amide bonds. The smallest absolute Gasteiger partial charge is 0.288 e. The molecule has 0 saturated heterocycles. The van der Waals surface area contributed by atoms with Crippen molar-refractivity contribution in [3.05, 3.63) is 63.0 Å². The average Bonchev–Trinajstić information content (AvgIpc) is 2.37. The summed E-state index contributed by atoms with van der Waals surface area (Å²) in [6, 6.07) is 6.19. The largest absolute Gasteiger partial charge is 0.307 e. The summed E-state index contributed by atoms with van der Waals surface area (Å²) in [5.41, 5.74) is -0.306. The summed E-state index contributed by atoms with van der Waals surface area (Å²) < 4.78 is 15.0. The van der Waals surface area contributed by atoms with Gasteiger partial charge in [-0.25, -0.2) is 9.37 Å². The molecule has 0 fully saturated rings. The first-order chi connectivity index (χ1) is 8.63. The van der Waals surface area contributed by atoms with Gasteiger partial charge in [0.1, 0.15) is 11.9 Å². The lowest BCUT2D eigenvalue weighted by molar-refractivity contribution is 0.592. The van der Waals surface area contributed by atoms with Gasteiger partial charge in [-0.05, 0) is 6.07 Å². The summed E-state index contributed by atoms with van der Waals surface area (Å²) in [5.74, 6) is -0.625. The standard InChI is InChI=1S/C12H7ClFN3O/c13-11-12(18)17(5-4-16-11)7-9-3-1-2-8(6-15)10(9)14/h1-5H,7H2. The maximum absolute atomic E-state index is 13.8. The lowest BCUT2D eigenvalue weighted by Gasteiger charge is -2.07. The Balaban J connectivity index is 2.44. The van der Waals surface area contributed by atoms with Crippen molar-refractivity contribution in [2.75, 3.05) is 0 Å². The fourth-order valence-electron chi connectivity index (χ4n) is 1.52. The van der Waals surface area contributed by atoms with Crippen LogP contribution in [0.3, 0.4) is 0 Å². The Hall–Kier alpha value is -2.19. The molecular formula is C12H7ClFN3O. The zero-order valence-corrected chi connectivity index (χ0v) is 9.86. The molecule has 0 saturated carbocycles. The normalized spacial score (nSPS) is 10.1. The molecule has 1 aromatic carbocycles. The van der Waals surface area contributed by atoms with Crippen molar-refractivity contribution in [3.8, 4) is 6.07 Å². The molecule has 0 aliphatic heterocycles. The third-order valence-electron chi connectivity index (χ3n) is 2.41. The fourth-order valence-corrected chi connectivity index (χ4v) is 1.68. The van der Waals surface area contributed by atoms with Gasteiger partial charge in [0.2, 0.25) is 0 Å². The van der Waals surface area contributed by atoms with E-state index in [1.165, 1.54) is 29.1 Å². The SMILES string of the molecule is N#Cc1cccc(Cn2ccnc(Cl)c2=O)c1F. The van der Waals surface area contributed by atoms with Crippen LogP contribution in [-0.2, 0) is 6.54 Å². The van der Waals surface area contributed by atoms with Gasteiger partial charge in [-0.2, -0.15) is 5.26 Å². The van der Waals surface area contributed by atoms with Crippen molar-refractivity contribution in [1.29, 1.82) is 5.26 Å². The van der Waals surface area contributed by atoms with Gasteiger partial charge in [0, 0.05) is 18.0 Å². The number of aromatic nitrogens is 2. The van der Waals surface area contributed by atoms with E-state index in [1.807, 2.05) is 0 Å². The van der Waals surface area contributed by atoms with E-state index >= 15 is 0 Å². The van der Waals surface area contributed by atoms with Crippen molar-refractivity contribution in [3.63, 3.8) is 0 Å². The lowest BCUT2D eigenvalue weighted by Crippen LogP contribution is -2.21. The zero-order valence-electron chi connectivity index (χ0n) is 9.10. The molecule has 18 heavy (non-hydrogen) atoms. The summed E-state index contributed by atoms with van der Waals surface area (Å²) in [5, 5.41) is 8.55. The monoisotopic (exact) mass is 263 g/mol. The summed E-state index contributed by atoms with van der Waals surface area (Å²) >= 11 is 5.59. The number of nitriles is 1. The minimum Gasteiger partial charge on any atom is -0.307 e. The molecule has 90 valence electrons. The van der Waals surface area contributed by atoms with E-state index in [9.17, 15) is 9.18 Å². The molecule has 0 spiro atoms. The Kier molecular flexibility index (Phi) is 3.40. The Morgan fingerprint density at radius 2 is 2.28 bits per heavy atom. The number of hydrogen-bond acceptors (Lipinski definition) is 3. The molecule has 4 nitrogen and oxygen atoms in total. The van der Waals surface area contributed by atoms with Crippen molar-refractivity contribution >= 4 is 11.6 Å². The topological polar surface area (TPSA) is 58.7 Å². The fraction of sp³-hybridized carbons (Fsp3) is 0.0833. The van der Waals surface area contributed by atoms with Crippen LogP contribution in [0.25, 0.3) is 0 Å². The van der Waals surface area contributed by atoms with Gasteiger partial charge in [0.25, 0.3) is 5.56 Å². The molecule has 0 N–H and O–H groups in total. The minimum atomic E-state index is -0.625. The molecule has 1 heterocycles. The molecule has 2 aromatic rings. The Labute approximate surface area is 107 Å². The highest BCUT2D eigenvalue weighted by atomic mass is 35.5. The van der Waals surface area contributed by atoms with Crippen LogP contribution in [-0.4, -0.2) is 9.55 Å². The van der Waals surface area contributed by atoms with Crippen molar-refractivity contribution in [2.24, 2.45) is 0 Å². The highest BCUT2D eigenvalue weighted by Gasteiger charge is 2.09. The van der Waals surface area contributed by atoms with Crippen molar-refractivity contribution in [1.82, 2.24) is 9.55 Å². The summed E-state index contributed by atoms with van der Waals surface area (Å²) in [7, 11) is 0. The highest BCUT2D eigenvalue weighted by Crippen LogP contribution is 2.13. The molecular weight excluding hydrogens is 257 g/mol. The zero-order chi connectivity index (χ0) is 13.1. The maximum atomic E-state index is 13.8. The Bertz CT molecular complexity index is 690. The van der Waals surface area contributed by atoms with Gasteiger partial charge in [-0.1, -0.05) is 23.7 Å². The van der Waals surface area contributed by atoms with Gasteiger partial charge in [0.05, 0.1) is 12.1 Å². The van der Waals surface area contributed by atoms with Crippen LogP contribution in [0.2, 0.25) is 5.15 Å². The van der Waals surface area contributed by atoms with Crippen LogP contribution in [0.4, 0.5) is 4.39 Å². The predicted molar refractivity (Wildman–Crippen MR) is 63.7 cm³/mol. The van der Waals surface area contributed by atoms with Crippen LogP contribution in [0, 0.1) is 17.1 Å². The number of nitrogens with zero attached hydrogens (tertiary/aromatic N) is 3. The molecule has 0 aliphatic rings. The second kappa shape index (κ2) is 4.98. The Morgan fingerprint density at radius 3 is 3.00 bits per heavy atom. The first kappa shape index (κ1) is 12.3. The highest BCUT2D eigenvalue weighted by molar-refractivity contribution is 6.29. The quantitative estimate of drug-likeness (QED) is 0.832. The van der Waals surface area contributed by atoms with Crippen LogP contribution in [0.5, 0.6) is 0 Å². The second-order valence-electron chi connectivity index (χ2n) is 3.54. The minimum absolute atomic E-state index is 0.00241. The van der Waals surface area contributed by atoms with E-state index in [0.717, 1.165) is 0 Å². The van der Waals surface area contributed by atoms with Crippen LogP contribution >= 0.6 is 11.6 Å². The molecule has 0 unspecified atom stereocenters. The average molecular weight is 264 g/mol. The van der Waals surface area contributed by atoms with Crippen LogP contribution < -0.4 is 5.56 Å². The molecule has 6 heteroatoms.